The second-order valence-electron chi connectivity index (χ2n) is 3.82. The van der Waals surface area contributed by atoms with Crippen molar-refractivity contribution >= 4 is 17.4 Å². The van der Waals surface area contributed by atoms with Crippen LogP contribution in [0.3, 0.4) is 0 Å². The Kier molecular flexibility index (Phi) is 7.56. The predicted octanol–water partition coefficient (Wildman–Crippen LogP) is 3.69. The van der Waals surface area contributed by atoms with Crippen molar-refractivity contribution in [2.24, 2.45) is 0 Å². The molecule has 0 saturated carbocycles. The SMILES string of the molecule is CCOc1cccc(NCCCCCCCl)n1. The fraction of sp³-hybridized carbons (Fsp3) is 0.615. The predicted molar refractivity (Wildman–Crippen MR) is 73.1 cm³/mol. The first kappa shape index (κ1) is 14.1. The Morgan fingerprint density at radius 2 is 2.06 bits per heavy atom. The van der Waals surface area contributed by atoms with Crippen molar-refractivity contribution in [3.8, 4) is 5.88 Å². The summed E-state index contributed by atoms with van der Waals surface area (Å²) in [6.07, 6.45) is 4.68. The van der Waals surface area contributed by atoms with Gasteiger partial charge in [0.1, 0.15) is 5.82 Å². The Hall–Kier alpha value is -0.960. The second kappa shape index (κ2) is 9.11. The molecule has 17 heavy (non-hydrogen) atoms. The maximum absolute atomic E-state index is 5.62. The van der Waals surface area contributed by atoms with Crippen LogP contribution in [-0.4, -0.2) is 24.0 Å². The van der Waals surface area contributed by atoms with Gasteiger partial charge in [0.2, 0.25) is 5.88 Å². The molecule has 0 atom stereocenters. The van der Waals surface area contributed by atoms with E-state index in [2.05, 4.69) is 10.3 Å². The molecule has 0 aliphatic carbocycles. The summed E-state index contributed by atoms with van der Waals surface area (Å²) in [7, 11) is 0. The molecule has 1 aromatic rings. The standard InChI is InChI=1S/C13H21ClN2O/c1-2-17-13-9-7-8-12(16-13)15-11-6-4-3-5-10-14/h7-9H,2-6,10-11H2,1H3,(H,15,16). The van der Waals surface area contributed by atoms with E-state index in [-0.39, 0.29) is 0 Å². The van der Waals surface area contributed by atoms with Crippen molar-refractivity contribution < 1.29 is 4.74 Å². The molecule has 0 unspecified atom stereocenters. The third kappa shape index (κ3) is 6.37. The van der Waals surface area contributed by atoms with E-state index in [1.165, 1.54) is 12.8 Å². The molecule has 96 valence electrons. The zero-order chi connectivity index (χ0) is 12.3. The van der Waals surface area contributed by atoms with Gasteiger partial charge in [-0.15, -0.1) is 11.6 Å². The number of anilines is 1. The lowest BCUT2D eigenvalue weighted by Crippen LogP contribution is -2.04. The summed E-state index contributed by atoms with van der Waals surface area (Å²) in [5, 5.41) is 3.30. The van der Waals surface area contributed by atoms with E-state index in [9.17, 15) is 0 Å². The summed E-state index contributed by atoms with van der Waals surface area (Å²) in [6.45, 7) is 3.55. The molecule has 0 aliphatic heterocycles. The quantitative estimate of drug-likeness (QED) is 0.541. The number of halogens is 1. The van der Waals surface area contributed by atoms with Gasteiger partial charge in [-0.3, -0.25) is 0 Å². The van der Waals surface area contributed by atoms with Crippen molar-refractivity contribution in [1.29, 1.82) is 0 Å². The smallest absolute Gasteiger partial charge is 0.215 e. The van der Waals surface area contributed by atoms with Gasteiger partial charge in [0.25, 0.3) is 0 Å². The van der Waals surface area contributed by atoms with Gasteiger partial charge in [-0.1, -0.05) is 18.9 Å². The Bertz CT molecular complexity index is 307. The maximum atomic E-state index is 5.62. The first-order valence-corrected chi connectivity index (χ1v) is 6.80. The number of nitrogens with one attached hydrogen (secondary N) is 1. The van der Waals surface area contributed by atoms with E-state index in [4.69, 9.17) is 16.3 Å². The van der Waals surface area contributed by atoms with E-state index in [0.717, 1.165) is 31.1 Å². The lowest BCUT2D eigenvalue weighted by atomic mass is 10.2. The minimum Gasteiger partial charge on any atom is -0.478 e. The van der Waals surface area contributed by atoms with Crippen LogP contribution in [0, 0.1) is 0 Å². The molecule has 0 amide bonds. The molecule has 1 rings (SSSR count). The molecular formula is C13H21ClN2O. The summed E-state index contributed by atoms with van der Waals surface area (Å²) in [6, 6.07) is 5.78. The molecule has 0 saturated heterocycles. The molecular weight excluding hydrogens is 236 g/mol. The molecule has 0 bridgehead atoms. The highest BCUT2D eigenvalue weighted by Crippen LogP contribution is 2.11. The molecule has 0 aliphatic rings. The maximum Gasteiger partial charge on any atom is 0.215 e. The van der Waals surface area contributed by atoms with Crippen molar-refractivity contribution in [3.63, 3.8) is 0 Å². The number of alkyl halides is 1. The van der Waals surface area contributed by atoms with E-state index in [1.54, 1.807) is 0 Å². The van der Waals surface area contributed by atoms with Crippen LogP contribution in [0.4, 0.5) is 5.82 Å². The van der Waals surface area contributed by atoms with Gasteiger partial charge in [-0.25, -0.2) is 0 Å². The molecule has 4 heteroatoms. The lowest BCUT2D eigenvalue weighted by molar-refractivity contribution is 0.327. The third-order valence-corrected chi connectivity index (χ3v) is 2.65. The first-order chi connectivity index (χ1) is 8.36. The number of pyridine rings is 1. The highest BCUT2D eigenvalue weighted by molar-refractivity contribution is 6.17. The van der Waals surface area contributed by atoms with E-state index < -0.39 is 0 Å². The zero-order valence-corrected chi connectivity index (χ0v) is 11.2. The highest BCUT2D eigenvalue weighted by atomic mass is 35.5. The molecule has 1 heterocycles. The fourth-order valence-electron chi connectivity index (χ4n) is 1.53. The summed E-state index contributed by atoms with van der Waals surface area (Å²) < 4.78 is 5.34. The van der Waals surface area contributed by atoms with Crippen LogP contribution in [0.15, 0.2) is 18.2 Å². The summed E-state index contributed by atoms with van der Waals surface area (Å²) in [4.78, 5) is 4.34. The molecule has 1 aromatic heterocycles. The van der Waals surface area contributed by atoms with E-state index in [0.29, 0.717) is 12.5 Å². The first-order valence-electron chi connectivity index (χ1n) is 6.26. The molecule has 0 aromatic carbocycles. The van der Waals surface area contributed by atoms with Gasteiger partial charge in [-0.05, 0) is 25.8 Å². The Balaban J connectivity index is 2.19. The third-order valence-electron chi connectivity index (χ3n) is 2.38. The lowest BCUT2D eigenvalue weighted by Gasteiger charge is -2.07. The van der Waals surface area contributed by atoms with Crippen molar-refractivity contribution in [2.45, 2.75) is 32.6 Å². The highest BCUT2D eigenvalue weighted by Gasteiger charge is 1.97. The molecule has 1 N–H and O–H groups in total. The topological polar surface area (TPSA) is 34.1 Å². The monoisotopic (exact) mass is 256 g/mol. The number of nitrogens with zero attached hydrogens (tertiary/aromatic N) is 1. The number of hydrogen-bond donors (Lipinski definition) is 1. The van der Waals surface area contributed by atoms with Gasteiger partial charge in [0, 0.05) is 18.5 Å². The van der Waals surface area contributed by atoms with Gasteiger partial charge in [0.05, 0.1) is 6.61 Å². The van der Waals surface area contributed by atoms with Crippen molar-refractivity contribution in [2.75, 3.05) is 24.3 Å². The minimum atomic E-state index is 0.648. The zero-order valence-electron chi connectivity index (χ0n) is 10.4. The van der Waals surface area contributed by atoms with Crippen LogP contribution in [0.5, 0.6) is 5.88 Å². The van der Waals surface area contributed by atoms with Crippen molar-refractivity contribution in [3.05, 3.63) is 18.2 Å². The second-order valence-corrected chi connectivity index (χ2v) is 4.20. The van der Waals surface area contributed by atoms with Gasteiger partial charge < -0.3 is 10.1 Å². The van der Waals surface area contributed by atoms with Crippen LogP contribution in [0.1, 0.15) is 32.6 Å². The van der Waals surface area contributed by atoms with Gasteiger partial charge in [0.15, 0.2) is 0 Å². The normalized spacial score (nSPS) is 10.2. The summed E-state index contributed by atoms with van der Waals surface area (Å²) in [5.74, 6) is 2.33. The van der Waals surface area contributed by atoms with Gasteiger partial charge in [-0.2, -0.15) is 4.98 Å². The van der Waals surface area contributed by atoms with Crippen LogP contribution in [-0.2, 0) is 0 Å². The summed E-state index contributed by atoms with van der Waals surface area (Å²) >= 11 is 5.62. The Morgan fingerprint density at radius 3 is 2.82 bits per heavy atom. The van der Waals surface area contributed by atoms with Gasteiger partial charge >= 0.3 is 0 Å². The van der Waals surface area contributed by atoms with Crippen LogP contribution < -0.4 is 10.1 Å². The van der Waals surface area contributed by atoms with E-state index in [1.807, 2.05) is 25.1 Å². The van der Waals surface area contributed by atoms with Crippen LogP contribution >= 0.6 is 11.6 Å². The number of hydrogen-bond acceptors (Lipinski definition) is 3. The summed E-state index contributed by atoms with van der Waals surface area (Å²) in [5.41, 5.74) is 0. The minimum absolute atomic E-state index is 0.648. The molecule has 0 spiro atoms. The number of unbranched alkanes of at least 4 members (excludes halogenated alkanes) is 3. The van der Waals surface area contributed by atoms with Crippen LogP contribution in [0.2, 0.25) is 0 Å². The molecule has 0 fully saturated rings. The number of aromatic nitrogens is 1. The van der Waals surface area contributed by atoms with Crippen molar-refractivity contribution in [1.82, 2.24) is 4.98 Å². The number of rotatable bonds is 9. The average molecular weight is 257 g/mol. The largest absolute Gasteiger partial charge is 0.478 e. The fourth-order valence-corrected chi connectivity index (χ4v) is 1.72. The average Bonchev–Trinajstić information content (AvgIpc) is 2.35. The molecule has 3 nitrogen and oxygen atoms in total. The molecule has 0 radical (unpaired) electrons. The van der Waals surface area contributed by atoms with Crippen LogP contribution in [0.25, 0.3) is 0 Å². The Morgan fingerprint density at radius 1 is 1.24 bits per heavy atom. The number of ether oxygens (including phenoxy) is 1. The Labute approximate surface area is 109 Å². The van der Waals surface area contributed by atoms with E-state index >= 15 is 0 Å².